The van der Waals surface area contributed by atoms with Gasteiger partial charge >= 0.3 is 0 Å². The highest BCUT2D eigenvalue weighted by atomic mass is 15.0. The van der Waals surface area contributed by atoms with Gasteiger partial charge in [-0.25, -0.2) is 4.98 Å². The fourth-order valence-electron chi connectivity index (χ4n) is 3.33. The minimum atomic E-state index is 0.985. The third-order valence-electron chi connectivity index (χ3n) is 4.26. The van der Waals surface area contributed by atoms with Gasteiger partial charge in [0.1, 0.15) is 5.65 Å². The summed E-state index contributed by atoms with van der Waals surface area (Å²) in [6.45, 7) is 0. The molecule has 0 unspecified atom stereocenters. The van der Waals surface area contributed by atoms with Crippen molar-refractivity contribution in [3.05, 3.63) is 71.9 Å². The zero-order chi connectivity index (χ0) is 13.1. The fraction of sp³-hybridized carbons (Fsp3) is 0.0556. The minimum absolute atomic E-state index is 0.985. The summed E-state index contributed by atoms with van der Waals surface area (Å²) in [6, 6.07) is 19.2. The summed E-state index contributed by atoms with van der Waals surface area (Å²) in [5.74, 6) is 0. The van der Waals surface area contributed by atoms with Crippen LogP contribution in [0.5, 0.6) is 0 Å². The molecule has 0 bridgehead atoms. The van der Waals surface area contributed by atoms with Gasteiger partial charge in [0, 0.05) is 18.2 Å². The van der Waals surface area contributed by atoms with E-state index in [0.29, 0.717) is 0 Å². The SMILES string of the molecule is c1ccc2c(c1)Cc1c-2ccn2c1nc1ccccc12. The van der Waals surface area contributed by atoms with Gasteiger partial charge in [0.25, 0.3) is 0 Å². The standard InChI is InChI=1S/C18H12N2/c1-2-6-13-12(5-1)11-15-14(13)9-10-20-17-8-4-3-7-16(17)19-18(15)20/h1-10H,11H2. The summed E-state index contributed by atoms with van der Waals surface area (Å²) >= 11 is 0. The van der Waals surface area contributed by atoms with Crippen molar-refractivity contribution in [3.63, 3.8) is 0 Å². The highest BCUT2D eigenvalue weighted by Crippen LogP contribution is 2.38. The van der Waals surface area contributed by atoms with Gasteiger partial charge < -0.3 is 0 Å². The number of rotatable bonds is 0. The first-order chi connectivity index (χ1) is 9.92. The van der Waals surface area contributed by atoms with Crippen molar-refractivity contribution in [1.82, 2.24) is 9.38 Å². The maximum atomic E-state index is 4.83. The largest absolute Gasteiger partial charge is 0.299 e. The number of nitrogens with zero attached hydrogens (tertiary/aromatic N) is 2. The lowest BCUT2D eigenvalue weighted by atomic mass is 10.1. The summed E-state index contributed by atoms with van der Waals surface area (Å²) < 4.78 is 2.21. The first-order valence-electron chi connectivity index (χ1n) is 6.89. The molecule has 1 aliphatic carbocycles. The summed E-state index contributed by atoms with van der Waals surface area (Å²) in [4.78, 5) is 4.83. The molecule has 5 rings (SSSR count). The van der Waals surface area contributed by atoms with Crippen LogP contribution in [-0.4, -0.2) is 9.38 Å². The number of hydrogen-bond donors (Lipinski definition) is 0. The van der Waals surface area contributed by atoms with Gasteiger partial charge in [-0.3, -0.25) is 4.40 Å². The van der Waals surface area contributed by atoms with Gasteiger partial charge in [-0.2, -0.15) is 0 Å². The monoisotopic (exact) mass is 256 g/mol. The smallest absolute Gasteiger partial charge is 0.142 e. The lowest BCUT2D eigenvalue weighted by molar-refractivity contribution is 1.17. The number of aromatic nitrogens is 2. The number of pyridine rings is 1. The molecule has 4 aromatic rings. The van der Waals surface area contributed by atoms with Crippen LogP contribution in [0.3, 0.4) is 0 Å². The van der Waals surface area contributed by atoms with Gasteiger partial charge in [0.2, 0.25) is 0 Å². The molecule has 2 heteroatoms. The van der Waals surface area contributed by atoms with Crippen molar-refractivity contribution in [2.24, 2.45) is 0 Å². The van der Waals surface area contributed by atoms with Gasteiger partial charge in [0.05, 0.1) is 11.0 Å². The molecule has 2 heterocycles. The number of para-hydroxylation sites is 2. The molecular formula is C18H12N2. The maximum Gasteiger partial charge on any atom is 0.142 e. The molecule has 0 saturated heterocycles. The van der Waals surface area contributed by atoms with E-state index >= 15 is 0 Å². The normalized spacial score (nSPS) is 12.8. The van der Waals surface area contributed by atoms with Gasteiger partial charge in [-0.1, -0.05) is 36.4 Å². The number of imidazole rings is 1. The van der Waals surface area contributed by atoms with Crippen LogP contribution in [0.25, 0.3) is 27.8 Å². The molecular weight excluding hydrogens is 244 g/mol. The predicted octanol–water partition coefficient (Wildman–Crippen LogP) is 4.06. The molecule has 2 aromatic heterocycles. The van der Waals surface area contributed by atoms with Crippen LogP contribution in [0.15, 0.2) is 60.8 Å². The summed E-state index contributed by atoms with van der Waals surface area (Å²) in [5.41, 5.74) is 8.80. The van der Waals surface area contributed by atoms with Crippen molar-refractivity contribution in [2.45, 2.75) is 6.42 Å². The second kappa shape index (κ2) is 3.48. The maximum absolute atomic E-state index is 4.83. The molecule has 0 saturated carbocycles. The topological polar surface area (TPSA) is 17.3 Å². The molecule has 0 N–H and O–H groups in total. The Kier molecular flexibility index (Phi) is 1.78. The highest BCUT2D eigenvalue weighted by molar-refractivity contribution is 5.87. The van der Waals surface area contributed by atoms with E-state index in [1.807, 2.05) is 6.07 Å². The summed E-state index contributed by atoms with van der Waals surface area (Å²) in [7, 11) is 0. The molecule has 0 atom stereocenters. The van der Waals surface area contributed by atoms with Crippen LogP contribution in [0.2, 0.25) is 0 Å². The predicted molar refractivity (Wildman–Crippen MR) is 80.9 cm³/mol. The summed E-state index contributed by atoms with van der Waals surface area (Å²) in [6.07, 6.45) is 3.13. The molecule has 0 spiro atoms. The Balaban J connectivity index is 1.93. The Morgan fingerprint density at radius 3 is 2.70 bits per heavy atom. The van der Waals surface area contributed by atoms with E-state index in [1.165, 1.54) is 27.8 Å². The van der Waals surface area contributed by atoms with Crippen molar-refractivity contribution >= 4 is 16.7 Å². The Hall–Kier alpha value is -2.61. The van der Waals surface area contributed by atoms with E-state index in [0.717, 1.165) is 17.6 Å². The molecule has 0 radical (unpaired) electrons. The zero-order valence-electron chi connectivity index (χ0n) is 10.9. The Bertz CT molecular complexity index is 979. The third kappa shape index (κ3) is 1.16. The number of benzene rings is 2. The van der Waals surface area contributed by atoms with Gasteiger partial charge in [-0.05, 0) is 34.9 Å². The second-order valence-corrected chi connectivity index (χ2v) is 5.34. The molecule has 0 fully saturated rings. The van der Waals surface area contributed by atoms with Crippen molar-refractivity contribution in [2.75, 3.05) is 0 Å². The molecule has 20 heavy (non-hydrogen) atoms. The average Bonchev–Trinajstić information content (AvgIpc) is 3.05. The molecule has 1 aliphatic rings. The van der Waals surface area contributed by atoms with Crippen LogP contribution >= 0.6 is 0 Å². The zero-order valence-corrected chi connectivity index (χ0v) is 10.9. The molecule has 2 aromatic carbocycles. The van der Waals surface area contributed by atoms with Crippen molar-refractivity contribution in [3.8, 4) is 11.1 Å². The van der Waals surface area contributed by atoms with Crippen LogP contribution in [-0.2, 0) is 6.42 Å². The highest BCUT2D eigenvalue weighted by Gasteiger charge is 2.21. The van der Waals surface area contributed by atoms with Crippen LogP contribution in [0, 0.1) is 0 Å². The minimum Gasteiger partial charge on any atom is -0.299 e. The molecule has 0 amide bonds. The Labute approximate surface area is 116 Å². The Morgan fingerprint density at radius 2 is 1.70 bits per heavy atom. The second-order valence-electron chi connectivity index (χ2n) is 5.34. The van der Waals surface area contributed by atoms with Crippen molar-refractivity contribution < 1.29 is 0 Å². The fourth-order valence-corrected chi connectivity index (χ4v) is 3.33. The van der Waals surface area contributed by atoms with E-state index in [-0.39, 0.29) is 0 Å². The quantitative estimate of drug-likeness (QED) is 0.408. The Morgan fingerprint density at radius 1 is 0.850 bits per heavy atom. The van der Waals surface area contributed by atoms with E-state index in [9.17, 15) is 0 Å². The first-order valence-corrected chi connectivity index (χ1v) is 6.89. The lowest BCUT2D eigenvalue weighted by Gasteiger charge is -2.02. The van der Waals surface area contributed by atoms with Crippen LogP contribution in [0.1, 0.15) is 11.1 Å². The number of hydrogen-bond acceptors (Lipinski definition) is 1. The average molecular weight is 256 g/mol. The van der Waals surface area contributed by atoms with Crippen molar-refractivity contribution in [1.29, 1.82) is 0 Å². The van der Waals surface area contributed by atoms with Gasteiger partial charge in [0.15, 0.2) is 0 Å². The van der Waals surface area contributed by atoms with Gasteiger partial charge in [-0.15, -0.1) is 0 Å². The first kappa shape index (κ1) is 10.2. The third-order valence-corrected chi connectivity index (χ3v) is 4.26. The molecule has 94 valence electrons. The van der Waals surface area contributed by atoms with E-state index in [1.54, 1.807) is 0 Å². The summed E-state index contributed by atoms with van der Waals surface area (Å²) in [5, 5.41) is 0. The number of fused-ring (bicyclic) bond motifs is 7. The van der Waals surface area contributed by atoms with E-state index in [2.05, 4.69) is 59.1 Å². The molecule has 2 nitrogen and oxygen atoms in total. The molecule has 0 aliphatic heterocycles. The lowest BCUT2D eigenvalue weighted by Crippen LogP contribution is -1.90. The van der Waals surface area contributed by atoms with E-state index < -0.39 is 0 Å². The van der Waals surface area contributed by atoms with Crippen LogP contribution < -0.4 is 0 Å². The van der Waals surface area contributed by atoms with E-state index in [4.69, 9.17) is 4.98 Å². The van der Waals surface area contributed by atoms with Crippen LogP contribution in [0.4, 0.5) is 0 Å².